The molecule has 0 unspecified atom stereocenters. The summed E-state index contributed by atoms with van der Waals surface area (Å²) in [5.74, 6) is -3.21. The van der Waals surface area contributed by atoms with Crippen LogP contribution in [0.3, 0.4) is 0 Å². The Bertz CT molecular complexity index is 826. The number of carbonyl (C=O) groups is 3. The molecule has 1 aromatic carbocycles. The van der Waals surface area contributed by atoms with Gasteiger partial charge in [-0.05, 0) is 39.0 Å². The van der Waals surface area contributed by atoms with Crippen LogP contribution in [0.15, 0.2) is 29.5 Å². The van der Waals surface area contributed by atoms with E-state index in [1.807, 2.05) is 0 Å². The van der Waals surface area contributed by atoms with Crippen molar-refractivity contribution in [2.24, 2.45) is 0 Å². The van der Waals surface area contributed by atoms with Crippen LogP contribution >= 0.6 is 0 Å². The fourth-order valence-corrected chi connectivity index (χ4v) is 2.52. The van der Waals surface area contributed by atoms with Crippen LogP contribution in [0.5, 0.6) is 0 Å². The molecular formula is C19H22FNO7. The van der Waals surface area contributed by atoms with E-state index in [2.05, 4.69) is 4.74 Å². The van der Waals surface area contributed by atoms with Crippen molar-refractivity contribution < 1.29 is 37.7 Å². The Hall–Kier alpha value is -2.94. The van der Waals surface area contributed by atoms with Crippen molar-refractivity contribution in [3.05, 3.63) is 40.8 Å². The number of benzene rings is 1. The third-order valence-electron chi connectivity index (χ3n) is 3.71. The minimum absolute atomic E-state index is 0.0521. The number of anilines is 1. The zero-order valence-corrected chi connectivity index (χ0v) is 16.3. The summed E-state index contributed by atoms with van der Waals surface area (Å²) in [7, 11) is 2.33. The molecule has 0 spiro atoms. The molecule has 1 aromatic rings. The lowest BCUT2D eigenvalue weighted by molar-refractivity contribution is -0.140. The largest absolute Gasteiger partial charge is 0.466 e. The third kappa shape index (κ3) is 4.66. The van der Waals surface area contributed by atoms with Crippen molar-refractivity contribution >= 4 is 23.6 Å². The Balaban J connectivity index is 2.53. The zero-order valence-electron chi connectivity index (χ0n) is 16.3. The highest BCUT2D eigenvalue weighted by Crippen LogP contribution is 2.29. The first kappa shape index (κ1) is 21.4. The molecule has 0 saturated heterocycles. The number of carbonyl (C=O) groups excluding carboxylic acids is 3. The van der Waals surface area contributed by atoms with Crippen molar-refractivity contribution in [1.82, 2.24) is 0 Å². The summed E-state index contributed by atoms with van der Waals surface area (Å²) in [6, 6.07) is 3.63. The van der Waals surface area contributed by atoms with Gasteiger partial charge < -0.3 is 23.8 Å². The first-order valence-corrected chi connectivity index (χ1v) is 8.37. The lowest BCUT2D eigenvalue weighted by atomic mass is 10.1. The molecule has 1 heterocycles. The van der Waals surface area contributed by atoms with E-state index in [1.54, 1.807) is 20.8 Å². The molecule has 0 bridgehead atoms. The molecular weight excluding hydrogens is 373 g/mol. The van der Waals surface area contributed by atoms with Crippen LogP contribution in [0, 0.1) is 5.82 Å². The van der Waals surface area contributed by atoms with Gasteiger partial charge in [-0.2, -0.15) is 0 Å². The van der Waals surface area contributed by atoms with Crippen LogP contribution in [-0.4, -0.2) is 51.1 Å². The number of ether oxygens (including phenoxy) is 4. The van der Waals surface area contributed by atoms with Crippen LogP contribution in [0.2, 0.25) is 0 Å². The molecule has 0 aliphatic carbocycles. The standard InChI is InChI=1S/C19H22FNO7/c1-19(2,3)28-17(23)12-8-11(6-7-14(12)20)21-10-27-9-13(16(22)25-4)15(21)18(24)26-5/h6-8H,9-10H2,1-5H3. The van der Waals surface area contributed by atoms with Gasteiger partial charge in [-0.3, -0.25) is 0 Å². The molecule has 28 heavy (non-hydrogen) atoms. The molecule has 8 nitrogen and oxygen atoms in total. The number of halogens is 1. The van der Waals surface area contributed by atoms with Gasteiger partial charge in [0.15, 0.2) is 0 Å². The summed E-state index contributed by atoms with van der Waals surface area (Å²) in [5, 5.41) is 0. The smallest absolute Gasteiger partial charge is 0.355 e. The number of nitrogens with zero attached hydrogens (tertiary/aromatic N) is 1. The SMILES string of the molecule is COC(=O)C1=C(C(=O)OC)N(c2ccc(F)c(C(=O)OC(C)(C)C)c2)COC1. The Morgan fingerprint density at radius 2 is 1.71 bits per heavy atom. The number of methoxy groups -OCH3 is 2. The topological polar surface area (TPSA) is 91.4 Å². The van der Waals surface area contributed by atoms with E-state index in [1.165, 1.54) is 24.1 Å². The van der Waals surface area contributed by atoms with Crippen molar-refractivity contribution in [3.8, 4) is 0 Å². The zero-order chi connectivity index (χ0) is 21.1. The summed E-state index contributed by atoms with van der Waals surface area (Å²) >= 11 is 0. The van der Waals surface area contributed by atoms with Gasteiger partial charge in [-0.25, -0.2) is 18.8 Å². The van der Waals surface area contributed by atoms with E-state index in [4.69, 9.17) is 14.2 Å². The van der Waals surface area contributed by atoms with Gasteiger partial charge in [0.1, 0.15) is 23.8 Å². The maximum atomic E-state index is 14.2. The molecule has 0 radical (unpaired) electrons. The van der Waals surface area contributed by atoms with Crippen molar-refractivity contribution in [3.63, 3.8) is 0 Å². The highest BCUT2D eigenvalue weighted by Gasteiger charge is 2.33. The van der Waals surface area contributed by atoms with Crippen LogP contribution in [0.4, 0.5) is 10.1 Å². The lowest BCUT2D eigenvalue weighted by Gasteiger charge is -2.31. The van der Waals surface area contributed by atoms with Crippen molar-refractivity contribution in [1.29, 1.82) is 0 Å². The van der Waals surface area contributed by atoms with E-state index in [0.29, 0.717) is 0 Å². The Kier molecular flexibility index (Phi) is 6.40. The van der Waals surface area contributed by atoms with Gasteiger partial charge in [-0.1, -0.05) is 0 Å². The molecule has 0 fully saturated rings. The predicted molar refractivity (Wildman–Crippen MR) is 95.9 cm³/mol. The number of hydrogen-bond acceptors (Lipinski definition) is 8. The molecule has 0 N–H and O–H groups in total. The normalized spacial score (nSPS) is 14.6. The minimum Gasteiger partial charge on any atom is -0.466 e. The minimum atomic E-state index is -0.860. The molecule has 9 heteroatoms. The quantitative estimate of drug-likeness (QED) is 0.566. The Morgan fingerprint density at radius 3 is 2.29 bits per heavy atom. The maximum Gasteiger partial charge on any atom is 0.355 e. The van der Waals surface area contributed by atoms with Gasteiger partial charge in [0.2, 0.25) is 0 Å². The second-order valence-corrected chi connectivity index (χ2v) is 6.88. The first-order valence-electron chi connectivity index (χ1n) is 8.37. The summed E-state index contributed by atoms with van der Waals surface area (Å²) in [5.41, 5.74) is -1.06. The number of esters is 3. The first-order chi connectivity index (χ1) is 13.1. The van der Waals surface area contributed by atoms with Crippen molar-refractivity contribution in [2.75, 3.05) is 32.5 Å². The van der Waals surface area contributed by atoms with E-state index in [-0.39, 0.29) is 35.9 Å². The van der Waals surface area contributed by atoms with Crippen molar-refractivity contribution in [2.45, 2.75) is 26.4 Å². The second-order valence-electron chi connectivity index (χ2n) is 6.88. The van der Waals surface area contributed by atoms with Gasteiger partial charge in [-0.15, -0.1) is 0 Å². The monoisotopic (exact) mass is 395 g/mol. The molecule has 1 aliphatic rings. The maximum absolute atomic E-state index is 14.2. The van der Waals surface area contributed by atoms with Gasteiger partial charge >= 0.3 is 17.9 Å². The van der Waals surface area contributed by atoms with Crippen LogP contribution in [0.1, 0.15) is 31.1 Å². The molecule has 0 aromatic heterocycles. The van der Waals surface area contributed by atoms with Gasteiger partial charge in [0.05, 0.1) is 32.0 Å². The average molecular weight is 395 g/mol. The van der Waals surface area contributed by atoms with E-state index in [0.717, 1.165) is 13.2 Å². The molecule has 2 rings (SSSR count). The Morgan fingerprint density at radius 1 is 1.07 bits per heavy atom. The summed E-state index contributed by atoms with van der Waals surface area (Å²) in [6.07, 6.45) is 0. The number of hydrogen-bond donors (Lipinski definition) is 0. The van der Waals surface area contributed by atoms with Gasteiger partial charge in [0, 0.05) is 5.69 Å². The number of rotatable bonds is 4. The third-order valence-corrected chi connectivity index (χ3v) is 3.71. The van der Waals surface area contributed by atoms with Crippen LogP contribution in [-0.2, 0) is 28.5 Å². The fourth-order valence-electron chi connectivity index (χ4n) is 2.52. The molecule has 0 amide bonds. The van der Waals surface area contributed by atoms with Gasteiger partial charge in [0.25, 0.3) is 0 Å². The fraction of sp³-hybridized carbons (Fsp3) is 0.421. The Labute approximate surface area is 161 Å². The molecule has 152 valence electrons. The van der Waals surface area contributed by atoms with E-state index >= 15 is 0 Å². The summed E-state index contributed by atoms with van der Waals surface area (Å²) in [6.45, 7) is 4.70. The van der Waals surface area contributed by atoms with Crippen LogP contribution < -0.4 is 4.90 Å². The summed E-state index contributed by atoms with van der Waals surface area (Å²) in [4.78, 5) is 38.0. The second kappa shape index (κ2) is 8.39. The highest BCUT2D eigenvalue weighted by atomic mass is 19.1. The van der Waals surface area contributed by atoms with E-state index < -0.39 is 29.3 Å². The lowest BCUT2D eigenvalue weighted by Crippen LogP contribution is -2.39. The highest BCUT2D eigenvalue weighted by molar-refractivity contribution is 6.03. The predicted octanol–water partition coefficient (Wildman–Crippen LogP) is 2.18. The average Bonchev–Trinajstić information content (AvgIpc) is 2.65. The van der Waals surface area contributed by atoms with E-state index in [9.17, 15) is 18.8 Å². The van der Waals surface area contributed by atoms with Crippen LogP contribution in [0.25, 0.3) is 0 Å². The molecule has 0 saturated carbocycles. The summed E-state index contributed by atoms with van der Waals surface area (Å²) < 4.78 is 34.2. The molecule has 1 aliphatic heterocycles. The molecule has 0 atom stereocenters.